The molecule has 2 aromatic heterocycles. The highest BCUT2D eigenvalue weighted by molar-refractivity contribution is 5.91. The smallest absolute Gasteiger partial charge is 0.243 e. The predicted molar refractivity (Wildman–Crippen MR) is 107 cm³/mol. The SMILES string of the molecule is CCC12C=C(c3ncc(C)o3)n3c4c(c5ccccc53)CCN(CCC1)[C@H]42. The number of fused-ring (bicyclic) bond motifs is 3. The van der Waals surface area contributed by atoms with Gasteiger partial charge in [-0.1, -0.05) is 25.1 Å². The molecule has 138 valence electrons. The molecular weight excluding hydrogens is 334 g/mol. The van der Waals surface area contributed by atoms with Crippen molar-refractivity contribution in [3.05, 3.63) is 59.4 Å². The van der Waals surface area contributed by atoms with Gasteiger partial charge in [0.25, 0.3) is 0 Å². The highest BCUT2D eigenvalue weighted by atomic mass is 16.4. The first kappa shape index (κ1) is 15.7. The Balaban J connectivity index is 1.73. The molecule has 1 aromatic carbocycles. The molecular formula is C23H25N3O. The van der Waals surface area contributed by atoms with E-state index in [2.05, 4.69) is 51.7 Å². The number of hydrogen-bond donors (Lipinski definition) is 0. The van der Waals surface area contributed by atoms with Crippen LogP contribution in [-0.4, -0.2) is 27.5 Å². The van der Waals surface area contributed by atoms with Crippen LogP contribution in [0.25, 0.3) is 16.6 Å². The van der Waals surface area contributed by atoms with E-state index in [9.17, 15) is 0 Å². The van der Waals surface area contributed by atoms with Crippen LogP contribution in [0.2, 0.25) is 0 Å². The highest BCUT2D eigenvalue weighted by Gasteiger charge is 2.50. The first-order valence-electron chi connectivity index (χ1n) is 10.2. The predicted octanol–water partition coefficient (Wildman–Crippen LogP) is 4.93. The average molecular weight is 359 g/mol. The molecule has 0 N–H and O–H groups in total. The summed E-state index contributed by atoms with van der Waals surface area (Å²) in [6.07, 6.45) is 9.15. The Hall–Kier alpha value is -2.33. The van der Waals surface area contributed by atoms with Gasteiger partial charge in [-0.3, -0.25) is 4.90 Å². The van der Waals surface area contributed by atoms with Crippen LogP contribution in [0.5, 0.6) is 0 Å². The summed E-state index contributed by atoms with van der Waals surface area (Å²) in [7, 11) is 0. The van der Waals surface area contributed by atoms with Gasteiger partial charge in [0, 0.05) is 23.0 Å². The van der Waals surface area contributed by atoms with Crippen molar-refractivity contribution in [2.45, 2.75) is 45.6 Å². The van der Waals surface area contributed by atoms with Crippen molar-refractivity contribution in [1.82, 2.24) is 14.5 Å². The van der Waals surface area contributed by atoms with Crippen LogP contribution >= 0.6 is 0 Å². The molecule has 27 heavy (non-hydrogen) atoms. The van der Waals surface area contributed by atoms with E-state index in [1.807, 2.05) is 13.1 Å². The number of benzene rings is 1. The summed E-state index contributed by atoms with van der Waals surface area (Å²) in [5, 5.41) is 1.40. The number of nitrogens with zero attached hydrogens (tertiary/aromatic N) is 3. The zero-order valence-corrected chi connectivity index (χ0v) is 16.0. The zero-order chi connectivity index (χ0) is 18.2. The maximum absolute atomic E-state index is 6.04. The molecule has 6 rings (SSSR count). The fraction of sp³-hybridized carbons (Fsp3) is 0.435. The van der Waals surface area contributed by atoms with Crippen LogP contribution in [0.1, 0.15) is 55.1 Å². The molecule has 5 heterocycles. The summed E-state index contributed by atoms with van der Waals surface area (Å²) in [6.45, 7) is 6.72. The minimum Gasteiger partial charge on any atom is -0.440 e. The Morgan fingerprint density at radius 1 is 1.26 bits per heavy atom. The normalized spacial score (nSPS) is 26.9. The van der Waals surface area contributed by atoms with Crippen molar-refractivity contribution in [3.8, 4) is 0 Å². The maximum atomic E-state index is 6.04. The van der Waals surface area contributed by atoms with Crippen molar-refractivity contribution in [3.63, 3.8) is 0 Å². The summed E-state index contributed by atoms with van der Waals surface area (Å²) in [5.74, 6) is 1.62. The number of para-hydroxylation sites is 1. The van der Waals surface area contributed by atoms with Crippen LogP contribution in [-0.2, 0) is 6.42 Å². The molecule has 0 spiro atoms. The fourth-order valence-electron chi connectivity index (χ4n) is 5.91. The monoisotopic (exact) mass is 359 g/mol. The molecule has 0 radical (unpaired) electrons. The first-order chi connectivity index (χ1) is 13.2. The molecule has 4 heteroatoms. The lowest BCUT2D eigenvalue weighted by molar-refractivity contribution is 0.0269. The molecule has 3 aliphatic rings. The second-order valence-electron chi connectivity index (χ2n) is 8.40. The van der Waals surface area contributed by atoms with Gasteiger partial charge in [0.05, 0.1) is 17.8 Å². The van der Waals surface area contributed by atoms with E-state index in [1.54, 1.807) is 5.56 Å². The molecule has 0 amide bonds. The number of aromatic nitrogens is 2. The van der Waals surface area contributed by atoms with Crippen molar-refractivity contribution < 1.29 is 4.42 Å². The Kier molecular flexibility index (Phi) is 3.11. The van der Waals surface area contributed by atoms with Gasteiger partial charge in [-0.2, -0.15) is 0 Å². The quantitative estimate of drug-likeness (QED) is 0.651. The van der Waals surface area contributed by atoms with Gasteiger partial charge in [-0.15, -0.1) is 0 Å². The van der Waals surface area contributed by atoms with Crippen LogP contribution in [0.3, 0.4) is 0 Å². The lowest BCUT2D eigenvalue weighted by atomic mass is 9.66. The van der Waals surface area contributed by atoms with Gasteiger partial charge in [0.2, 0.25) is 5.89 Å². The minimum atomic E-state index is 0.176. The molecule has 1 saturated heterocycles. The molecule has 1 fully saturated rings. The van der Waals surface area contributed by atoms with Gasteiger partial charge < -0.3 is 8.98 Å². The molecule has 4 nitrogen and oxygen atoms in total. The van der Waals surface area contributed by atoms with E-state index < -0.39 is 0 Å². The number of hydrogen-bond acceptors (Lipinski definition) is 3. The third kappa shape index (κ3) is 1.94. The second kappa shape index (κ2) is 5.35. The Bertz CT molecular complexity index is 1090. The van der Waals surface area contributed by atoms with Crippen LogP contribution in [0.15, 0.2) is 41.0 Å². The summed E-state index contributed by atoms with van der Waals surface area (Å²) < 4.78 is 8.50. The van der Waals surface area contributed by atoms with E-state index in [1.165, 1.54) is 42.5 Å². The van der Waals surface area contributed by atoms with Gasteiger partial charge in [-0.25, -0.2) is 4.98 Å². The summed E-state index contributed by atoms with van der Waals surface area (Å²) >= 11 is 0. The Morgan fingerprint density at radius 2 is 2.15 bits per heavy atom. The second-order valence-corrected chi connectivity index (χ2v) is 8.40. The lowest BCUT2D eigenvalue weighted by Gasteiger charge is -2.53. The van der Waals surface area contributed by atoms with Crippen molar-refractivity contribution in [2.75, 3.05) is 13.1 Å². The number of piperidine rings is 1. The lowest BCUT2D eigenvalue weighted by Crippen LogP contribution is -2.50. The van der Waals surface area contributed by atoms with E-state index in [-0.39, 0.29) is 5.41 Å². The molecule has 0 saturated carbocycles. The number of aryl methyl sites for hydroxylation is 1. The van der Waals surface area contributed by atoms with Gasteiger partial charge in [0.15, 0.2) is 0 Å². The maximum Gasteiger partial charge on any atom is 0.243 e. The van der Waals surface area contributed by atoms with Gasteiger partial charge >= 0.3 is 0 Å². The first-order valence-corrected chi connectivity index (χ1v) is 10.2. The summed E-state index contributed by atoms with van der Waals surface area (Å²) in [6, 6.07) is 9.34. The van der Waals surface area contributed by atoms with E-state index in [4.69, 9.17) is 4.42 Å². The molecule has 3 aromatic rings. The largest absolute Gasteiger partial charge is 0.440 e. The van der Waals surface area contributed by atoms with Gasteiger partial charge in [0.1, 0.15) is 11.5 Å². The van der Waals surface area contributed by atoms with Crippen LogP contribution in [0.4, 0.5) is 0 Å². The van der Waals surface area contributed by atoms with Crippen LogP contribution in [0, 0.1) is 12.3 Å². The zero-order valence-electron chi connectivity index (χ0n) is 16.0. The highest BCUT2D eigenvalue weighted by Crippen LogP contribution is 2.57. The van der Waals surface area contributed by atoms with Crippen molar-refractivity contribution in [2.24, 2.45) is 5.41 Å². The summed E-state index contributed by atoms with van der Waals surface area (Å²) in [5.41, 5.74) is 5.65. The van der Waals surface area contributed by atoms with Crippen molar-refractivity contribution >= 4 is 16.6 Å². The van der Waals surface area contributed by atoms with E-state index in [0.29, 0.717) is 6.04 Å². The fourth-order valence-corrected chi connectivity index (χ4v) is 5.91. The number of rotatable bonds is 2. The molecule has 3 aliphatic heterocycles. The Morgan fingerprint density at radius 3 is 2.96 bits per heavy atom. The Labute approximate surface area is 159 Å². The topological polar surface area (TPSA) is 34.2 Å². The molecule has 2 atom stereocenters. The third-order valence-corrected chi connectivity index (χ3v) is 7.09. The average Bonchev–Trinajstić information content (AvgIpc) is 3.28. The third-order valence-electron chi connectivity index (χ3n) is 7.09. The van der Waals surface area contributed by atoms with Crippen molar-refractivity contribution in [1.29, 1.82) is 0 Å². The number of oxazole rings is 1. The molecule has 0 aliphatic carbocycles. The summed E-state index contributed by atoms with van der Waals surface area (Å²) in [4.78, 5) is 7.36. The molecule has 1 unspecified atom stereocenters. The minimum absolute atomic E-state index is 0.176. The van der Waals surface area contributed by atoms with E-state index >= 15 is 0 Å². The van der Waals surface area contributed by atoms with E-state index in [0.717, 1.165) is 30.2 Å². The van der Waals surface area contributed by atoms with Crippen LogP contribution < -0.4 is 0 Å². The van der Waals surface area contributed by atoms with Gasteiger partial charge in [-0.05, 0) is 56.9 Å². The molecule has 0 bridgehead atoms. The standard InChI is InChI=1S/C23H25N3O/c1-3-23-10-6-11-25-12-9-17-16-7-4-5-8-18(16)26(20(17)21(23)25)19(13-23)22-24-14-15(2)27-22/h4-5,7-8,13-14,21H,3,6,9-12H2,1-2H3/t21-,23?/m1/s1.